The first-order chi connectivity index (χ1) is 7.99. The predicted octanol–water partition coefficient (Wildman–Crippen LogP) is 0.0287. The first-order valence-corrected chi connectivity index (χ1v) is 5.29. The molecule has 0 aromatic rings. The monoisotopic (exact) mass is 237 g/mol. The van der Waals surface area contributed by atoms with Crippen LogP contribution in [0, 0.1) is 17.2 Å². The number of hydrogen-bond donors (Lipinski definition) is 2. The Morgan fingerprint density at radius 1 is 1.59 bits per heavy atom. The molecule has 17 heavy (non-hydrogen) atoms. The molecule has 0 radical (unpaired) electrons. The van der Waals surface area contributed by atoms with Crippen molar-refractivity contribution in [3.05, 3.63) is 11.4 Å². The average molecular weight is 237 g/mol. The van der Waals surface area contributed by atoms with Crippen LogP contribution in [0.25, 0.3) is 0 Å². The molecule has 1 saturated heterocycles. The van der Waals surface area contributed by atoms with Gasteiger partial charge >= 0.3 is 5.97 Å². The van der Waals surface area contributed by atoms with Crippen LogP contribution < -0.4 is 10.6 Å². The number of methoxy groups -OCH3 is 1. The van der Waals surface area contributed by atoms with E-state index in [2.05, 4.69) is 15.4 Å². The van der Waals surface area contributed by atoms with Crippen LogP contribution in [0.4, 0.5) is 0 Å². The molecular weight excluding hydrogens is 222 g/mol. The molecule has 1 aliphatic rings. The van der Waals surface area contributed by atoms with E-state index in [9.17, 15) is 9.59 Å². The highest BCUT2D eigenvalue weighted by Crippen LogP contribution is 2.13. The highest BCUT2D eigenvalue weighted by Gasteiger charge is 2.31. The summed E-state index contributed by atoms with van der Waals surface area (Å²) >= 11 is 0. The summed E-state index contributed by atoms with van der Waals surface area (Å²) in [4.78, 5) is 22.9. The summed E-state index contributed by atoms with van der Waals surface area (Å²) in [5.41, 5.74) is -0.216. The Labute approximate surface area is 99.6 Å². The van der Waals surface area contributed by atoms with Crippen LogP contribution in [0.3, 0.4) is 0 Å². The van der Waals surface area contributed by atoms with Crippen LogP contribution >= 0.6 is 0 Å². The van der Waals surface area contributed by atoms with Crippen molar-refractivity contribution < 1.29 is 14.3 Å². The second-order valence-corrected chi connectivity index (χ2v) is 4.17. The van der Waals surface area contributed by atoms with Crippen molar-refractivity contribution >= 4 is 11.9 Å². The van der Waals surface area contributed by atoms with Gasteiger partial charge in [-0.1, -0.05) is 13.8 Å². The number of nitriles is 1. The van der Waals surface area contributed by atoms with Gasteiger partial charge in [0.05, 0.1) is 7.11 Å². The summed E-state index contributed by atoms with van der Waals surface area (Å²) in [5.74, 6) is -0.526. The van der Waals surface area contributed by atoms with Gasteiger partial charge in [-0.2, -0.15) is 5.26 Å². The number of ether oxygens (including phenoxy) is 1. The Bertz CT molecular complexity index is 407. The lowest BCUT2D eigenvalue weighted by Gasteiger charge is -2.10. The Morgan fingerprint density at radius 3 is 2.71 bits per heavy atom. The SMILES string of the molecule is COC(=O)/C(C#N)=C1\NC(=O)C(CC(C)C)N1. The van der Waals surface area contributed by atoms with Crippen molar-refractivity contribution in [3.63, 3.8) is 0 Å². The Balaban J connectivity index is 2.89. The van der Waals surface area contributed by atoms with Crippen LogP contribution in [0.2, 0.25) is 0 Å². The molecule has 1 amide bonds. The number of esters is 1. The van der Waals surface area contributed by atoms with Crippen LogP contribution in [0.5, 0.6) is 0 Å². The molecule has 0 aromatic carbocycles. The second-order valence-electron chi connectivity index (χ2n) is 4.17. The Hall–Kier alpha value is -2.03. The highest BCUT2D eigenvalue weighted by molar-refractivity contribution is 5.96. The number of amides is 1. The van der Waals surface area contributed by atoms with Crippen LogP contribution in [-0.2, 0) is 14.3 Å². The fourth-order valence-corrected chi connectivity index (χ4v) is 1.56. The normalized spacial score (nSPS) is 21.6. The lowest BCUT2D eigenvalue weighted by Crippen LogP contribution is -2.29. The van der Waals surface area contributed by atoms with Crippen LogP contribution in [0.15, 0.2) is 11.4 Å². The summed E-state index contributed by atoms with van der Waals surface area (Å²) < 4.78 is 4.46. The molecule has 0 bridgehead atoms. The van der Waals surface area contributed by atoms with Gasteiger partial charge in [0, 0.05) is 0 Å². The summed E-state index contributed by atoms with van der Waals surface area (Å²) in [7, 11) is 1.18. The van der Waals surface area contributed by atoms with Gasteiger partial charge in [-0.15, -0.1) is 0 Å². The van der Waals surface area contributed by atoms with Gasteiger partial charge in [-0.3, -0.25) is 4.79 Å². The Kier molecular flexibility index (Phi) is 4.10. The molecule has 6 heteroatoms. The van der Waals surface area contributed by atoms with Crippen molar-refractivity contribution in [1.82, 2.24) is 10.6 Å². The quantitative estimate of drug-likeness (QED) is 0.410. The smallest absolute Gasteiger partial charge is 0.352 e. The molecule has 92 valence electrons. The second kappa shape index (κ2) is 5.34. The van der Waals surface area contributed by atoms with Crippen molar-refractivity contribution in [2.24, 2.45) is 5.92 Å². The van der Waals surface area contributed by atoms with Crippen molar-refractivity contribution in [2.45, 2.75) is 26.3 Å². The first kappa shape index (κ1) is 13.0. The molecule has 1 unspecified atom stereocenters. The number of carbonyl (C=O) groups excluding carboxylic acids is 2. The average Bonchev–Trinajstić information content (AvgIpc) is 2.60. The zero-order valence-electron chi connectivity index (χ0n) is 10.0. The van der Waals surface area contributed by atoms with Crippen molar-refractivity contribution in [1.29, 1.82) is 5.26 Å². The topological polar surface area (TPSA) is 91.2 Å². The van der Waals surface area contributed by atoms with Crippen molar-refractivity contribution in [3.8, 4) is 6.07 Å². The van der Waals surface area contributed by atoms with Crippen LogP contribution in [-0.4, -0.2) is 25.0 Å². The molecule has 0 saturated carbocycles. The van der Waals surface area contributed by atoms with E-state index in [4.69, 9.17) is 5.26 Å². The van der Waals surface area contributed by atoms with Gasteiger partial charge in [0.25, 0.3) is 0 Å². The van der Waals surface area contributed by atoms with Gasteiger partial charge in [0.1, 0.15) is 17.9 Å². The van der Waals surface area contributed by atoms with E-state index in [0.29, 0.717) is 12.3 Å². The number of nitrogens with one attached hydrogen (secondary N) is 2. The molecule has 1 rings (SSSR count). The molecule has 0 aliphatic carbocycles. The van der Waals surface area contributed by atoms with E-state index in [1.54, 1.807) is 6.07 Å². The largest absolute Gasteiger partial charge is 0.465 e. The molecule has 1 aliphatic heterocycles. The first-order valence-electron chi connectivity index (χ1n) is 5.29. The molecular formula is C11H15N3O3. The number of rotatable bonds is 3. The maximum atomic E-state index is 11.6. The fourth-order valence-electron chi connectivity index (χ4n) is 1.56. The maximum Gasteiger partial charge on any atom is 0.352 e. The molecule has 0 spiro atoms. The van der Waals surface area contributed by atoms with Gasteiger partial charge in [-0.25, -0.2) is 4.79 Å². The summed E-state index contributed by atoms with van der Waals surface area (Å²) in [6, 6.07) is 1.31. The third kappa shape index (κ3) is 2.97. The minimum Gasteiger partial charge on any atom is -0.465 e. The number of hydrogen-bond acceptors (Lipinski definition) is 5. The van der Waals surface area contributed by atoms with E-state index in [-0.39, 0.29) is 17.3 Å². The summed E-state index contributed by atoms with van der Waals surface area (Å²) in [6.45, 7) is 3.98. The third-order valence-electron chi connectivity index (χ3n) is 2.34. The van der Waals surface area contributed by atoms with Gasteiger partial charge in [0.2, 0.25) is 5.91 Å². The number of carbonyl (C=O) groups is 2. The zero-order valence-corrected chi connectivity index (χ0v) is 10.0. The van der Waals surface area contributed by atoms with Crippen LogP contribution in [0.1, 0.15) is 20.3 Å². The predicted molar refractivity (Wildman–Crippen MR) is 59.2 cm³/mol. The highest BCUT2D eigenvalue weighted by atomic mass is 16.5. The molecule has 6 nitrogen and oxygen atoms in total. The molecule has 1 fully saturated rings. The minimum atomic E-state index is -0.763. The van der Waals surface area contributed by atoms with Gasteiger partial charge < -0.3 is 15.4 Å². The van der Waals surface area contributed by atoms with E-state index >= 15 is 0 Å². The van der Waals surface area contributed by atoms with Crippen molar-refractivity contribution in [2.75, 3.05) is 7.11 Å². The van der Waals surface area contributed by atoms with E-state index < -0.39 is 12.0 Å². The zero-order chi connectivity index (χ0) is 13.0. The molecule has 0 aromatic heterocycles. The van der Waals surface area contributed by atoms with E-state index in [1.165, 1.54) is 7.11 Å². The summed E-state index contributed by atoms with van der Waals surface area (Å²) in [5, 5.41) is 14.2. The van der Waals surface area contributed by atoms with E-state index in [1.807, 2.05) is 13.8 Å². The summed E-state index contributed by atoms with van der Waals surface area (Å²) in [6.07, 6.45) is 0.634. The molecule has 2 N–H and O–H groups in total. The molecule has 1 heterocycles. The Morgan fingerprint density at radius 2 is 2.24 bits per heavy atom. The molecule has 1 atom stereocenters. The standard InChI is InChI=1S/C11H15N3O3/c1-6(2)4-8-10(15)14-9(13-8)7(5-12)11(16)17-3/h6,8,13H,4H2,1-3H3,(H,14,15)/b9-7-. The number of nitrogens with zero attached hydrogens (tertiary/aromatic N) is 1. The minimum absolute atomic E-state index is 0.134. The lowest BCUT2D eigenvalue weighted by molar-refractivity contribution is -0.135. The third-order valence-corrected chi connectivity index (χ3v) is 2.34. The van der Waals surface area contributed by atoms with E-state index in [0.717, 1.165) is 0 Å². The van der Waals surface area contributed by atoms with Gasteiger partial charge in [0.15, 0.2) is 5.57 Å². The lowest BCUT2D eigenvalue weighted by atomic mass is 10.0. The van der Waals surface area contributed by atoms with Gasteiger partial charge in [-0.05, 0) is 12.3 Å². The fraction of sp³-hybridized carbons (Fsp3) is 0.545. The maximum absolute atomic E-state index is 11.6.